The van der Waals surface area contributed by atoms with Crippen LogP contribution in [0.5, 0.6) is 0 Å². The third-order valence-corrected chi connectivity index (χ3v) is 4.03. The highest BCUT2D eigenvalue weighted by atomic mass is 127. The largest absolute Gasteiger partial charge is 0.389 e. The lowest BCUT2D eigenvalue weighted by Crippen LogP contribution is -2.19. The Hall–Kier alpha value is -1.47. The molecule has 0 atom stereocenters. The van der Waals surface area contributed by atoms with E-state index in [2.05, 4.69) is 27.9 Å². The Balaban J connectivity index is 2.36. The van der Waals surface area contributed by atoms with Crippen molar-refractivity contribution in [1.29, 1.82) is 0 Å². The number of hydrogen-bond donors (Lipinski definition) is 2. The zero-order valence-electron chi connectivity index (χ0n) is 10.8. The summed E-state index contributed by atoms with van der Waals surface area (Å²) in [5.74, 6) is -0.168. The minimum absolute atomic E-state index is 0.168. The Labute approximate surface area is 136 Å². The van der Waals surface area contributed by atoms with E-state index in [1.807, 2.05) is 37.3 Å². The fraction of sp³-hybridized carbons (Fsp3) is 0.0667. The Kier molecular flexibility index (Phi) is 4.72. The van der Waals surface area contributed by atoms with Crippen LogP contribution in [0.1, 0.15) is 21.5 Å². The number of aryl methyl sites for hydroxylation is 1. The van der Waals surface area contributed by atoms with Crippen molar-refractivity contribution in [3.63, 3.8) is 0 Å². The van der Waals surface area contributed by atoms with Gasteiger partial charge in [0.1, 0.15) is 4.99 Å². The number of carbonyl (C=O) groups is 1. The highest BCUT2D eigenvalue weighted by Gasteiger charge is 2.14. The zero-order valence-corrected chi connectivity index (χ0v) is 13.8. The number of nitrogens with one attached hydrogen (secondary N) is 1. The van der Waals surface area contributed by atoms with Crippen molar-refractivity contribution < 1.29 is 4.79 Å². The summed E-state index contributed by atoms with van der Waals surface area (Å²) >= 11 is 7.19. The second-order valence-corrected chi connectivity index (χ2v) is 5.90. The first-order valence-electron chi connectivity index (χ1n) is 5.96. The predicted molar refractivity (Wildman–Crippen MR) is 94.2 cm³/mol. The summed E-state index contributed by atoms with van der Waals surface area (Å²) < 4.78 is 0.895. The number of nitrogens with two attached hydrogens (primary N) is 1. The van der Waals surface area contributed by atoms with Gasteiger partial charge < -0.3 is 11.1 Å². The molecule has 0 aliphatic rings. The van der Waals surface area contributed by atoms with Crippen LogP contribution in [0.2, 0.25) is 0 Å². The van der Waals surface area contributed by atoms with Gasteiger partial charge in [0.25, 0.3) is 5.91 Å². The van der Waals surface area contributed by atoms with Crippen molar-refractivity contribution in [2.45, 2.75) is 6.92 Å². The predicted octanol–water partition coefficient (Wildman–Crippen LogP) is 3.49. The molecule has 0 spiro atoms. The molecule has 3 N–H and O–H groups in total. The normalized spacial score (nSPS) is 10.1. The molecule has 1 amide bonds. The van der Waals surface area contributed by atoms with Crippen LogP contribution in [-0.4, -0.2) is 10.9 Å². The molecule has 0 fully saturated rings. The quantitative estimate of drug-likeness (QED) is 0.617. The van der Waals surface area contributed by atoms with Crippen molar-refractivity contribution >= 4 is 51.4 Å². The van der Waals surface area contributed by atoms with Gasteiger partial charge in [0.2, 0.25) is 0 Å². The van der Waals surface area contributed by atoms with E-state index < -0.39 is 0 Å². The van der Waals surface area contributed by atoms with Crippen molar-refractivity contribution in [3.05, 3.63) is 62.7 Å². The van der Waals surface area contributed by atoms with E-state index in [1.54, 1.807) is 12.1 Å². The fourth-order valence-electron chi connectivity index (χ4n) is 1.93. The van der Waals surface area contributed by atoms with E-state index in [0.29, 0.717) is 16.8 Å². The number of carbonyl (C=O) groups excluding carboxylic acids is 1. The molecular formula is C15H13IN2OS. The molecule has 0 aromatic heterocycles. The van der Waals surface area contributed by atoms with Crippen LogP contribution < -0.4 is 11.1 Å². The summed E-state index contributed by atoms with van der Waals surface area (Å²) in [5, 5.41) is 2.88. The molecule has 2 aromatic carbocycles. The molecule has 3 nitrogen and oxygen atoms in total. The standard InChI is InChI=1S/C15H13IN2OS/c1-9-5-4-8-12(13(9)14(17)20)18-15(19)10-6-2-3-7-11(10)16/h2-8H,1H3,(H2,17,20)(H,18,19). The number of hydrogen-bond acceptors (Lipinski definition) is 2. The lowest BCUT2D eigenvalue weighted by Gasteiger charge is -2.13. The van der Waals surface area contributed by atoms with Gasteiger partial charge in [0.05, 0.1) is 11.3 Å². The lowest BCUT2D eigenvalue weighted by atomic mass is 10.1. The first-order valence-corrected chi connectivity index (χ1v) is 7.44. The Morgan fingerprint density at radius 2 is 1.90 bits per heavy atom. The van der Waals surface area contributed by atoms with Crippen molar-refractivity contribution in [2.24, 2.45) is 5.73 Å². The number of halogens is 1. The molecule has 2 aromatic rings. The van der Waals surface area contributed by atoms with Crippen LogP contribution in [0.15, 0.2) is 42.5 Å². The molecule has 0 bridgehead atoms. The van der Waals surface area contributed by atoms with Gasteiger partial charge in [0.15, 0.2) is 0 Å². The first-order chi connectivity index (χ1) is 9.50. The number of amides is 1. The van der Waals surface area contributed by atoms with Crippen LogP contribution in [0.3, 0.4) is 0 Å². The minimum atomic E-state index is -0.168. The van der Waals surface area contributed by atoms with Crippen LogP contribution in [0, 0.1) is 10.5 Å². The maximum Gasteiger partial charge on any atom is 0.256 e. The minimum Gasteiger partial charge on any atom is -0.389 e. The number of thiocarbonyl (C=S) groups is 1. The van der Waals surface area contributed by atoms with Crippen LogP contribution in [0.4, 0.5) is 5.69 Å². The molecule has 0 saturated heterocycles. The molecule has 0 saturated carbocycles. The molecule has 0 aliphatic heterocycles. The van der Waals surface area contributed by atoms with Crippen LogP contribution >= 0.6 is 34.8 Å². The van der Waals surface area contributed by atoms with E-state index in [-0.39, 0.29) is 10.9 Å². The van der Waals surface area contributed by atoms with Gasteiger partial charge in [-0.2, -0.15) is 0 Å². The van der Waals surface area contributed by atoms with Crippen molar-refractivity contribution in [2.75, 3.05) is 5.32 Å². The van der Waals surface area contributed by atoms with Gasteiger partial charge in [0, 0.05) is 9.13 Å². The molecule has 102 valence electrons. The van der Waals surface area contributed by atoms with E-state index in [4.69, 9.17) is 18.0 Å². The Morgan fingerprint density at radius 1 is 1.20 bits per heavy atom. The maximum atomic E-state index is 12.3. The van der Waals surface area contributed by atoms with Gasteiger partial charge in [-0.05, 0) is 53.3 Å². The van der Waals surface area contributed by atoms with Gasteiger partial charge in [-0.1, -0.05) is 36.5 Å². The summed E-state index contributed by atoms with van der Waals surface area (Å²) in [5.41, 5.74) is 8.66. The third-order valence-electron chi connectivity index (χ3n) is 2.89. The summed E-state index contributed by atoms with van der Waals surface area (Å²) in [7, 11) is 0. The smallest absolute Gasteiger partial charge is 0.256 e. The summed E-state index contributed by atoms with van der Waals surface area (Å²) in [4.78, 5) is 12.6. The second kappa shape index (κ2) is 6.32. The average Bonchev–Trinajstić information content (AvgIpc) is 2.38. The van der Waals surface area contributed by atoms with E-state index in [1.165, 1.54) is 0 Å². The van der Waals surface area contributed by atoms with Crippen LogP contribution in [0.25, 0.3) is 0 Å². The van der Waals surface area contributed by atoms with Crippen molar-refractivity contribution in [1.82, 2.24) is 0 Å². The Morgan fingerprint density at radius 3 is 2.55 bits per heavy atom. The van der Waals surface area contributed by atoms with E-state index in [0.717, 1.165) is 9.13 Å². The average molecular weight is 396 g/mol. The first kappa shape index (κ1) is 14.9. The van der Waals surface area contributed by atoms with Gasteiger partial charge in [-0.3, -0.25) is 4.79 Å². The van der Waals surface area contributed by atoms with E-state index in [9.17, 15) is 4.79 Å². The van der Waals surface area contributed by atoms with Gasteiger partial charge in [-0.15, -0.1) is 0 Å². The van der Waals surface area contributed by atoms with E-state index >= 15 is 0 Å². The highest BCUT2D eigenvalue weighted by Crippen LogP contribution is 2.21. The number of rotatable bonds is 3. The van der Waals surface area contributed by atoms with Crippen molar-refractivity contribution in [3.8, 4) is 0 Å². The van der Waals surface area contributed by atoms with Gasteiger partial charge in [-0.25, -0.2) is 0 Å². The molecular weight excluding hydrogens is 383 g/mol. The lowest BCUT2D eigenvalue weighted by molar-refractivity contribution is 0.102. The topological polar surface area (TPSA) is 55.1 Å². The second-order valence-electron chi connectivity index (χ2n) is 4.30. The SMILES string of the molecule is Cc1cccc(NC(=O)c2ccccc2I)c1C(N)=S. The Bertz CT molecular complexity index is 685. The highest BCUT2D eigenvalue weighted by molar-refractivity contribution is 14.1. The molecule has 0 aliphatic carbocycles. The molecule has 2 rings (SSSR count). The molecule has 0 heterocycles. The zero-order chi connectivity index (χ0) is 14.7. The molecule has 5 heteroatoms. The van der Waals surface area contributed by atoms with Gasteiger partial charge >= 0.3 is 0 Å². The summed E-state index contributed by atoms with van der Waals surface area (Å²) in [6, 6.07) is 13.0. The summed E-state index contributed by atoms with van der Waals surface area (Å²) in [6.07, 6.45) is 0. The number of anilines is 1. The maximum absolute atomic E-state index is 12.3. The number of benzene rings is 2. The molecule has 0 radical (unpaired) electrons. The summed E-state index contributed by atoms with van der Waals surface area (Å²) in [6.45, 7) is 1.91. The molecule has 0 unspecified atom stereocenters. The third kappa shape index (κ3) is 3.16. The monoisotopic (exact) mass is 396 g/mol. The van der Waals surface area contributed by atoms with Crippen LogP contribution in [-0.2, 0) is 0 Å². The molecule has 20 heavy (non-hydrogen) atoms. The fourth-order valence-corrected chi connectivity index (χ4v) is 2.84.